The van der Waals surface area contributed by atoms with Crippen LogP contribution in [0.4, 0.5) is 0 Å². The van der Waals surface area contributed by atoms with E-state index in [2.05, 4.69) is 59.6 Å². The van der Waals surface area contributed by atoms with Crippen LogP contribution in [-0.2, 0) is 4.79 Å². The second-order valence-corrected chi connectivity index (χ2v) is 10.8. The molecule has 0 atom stereocenters. The zero-order valence-corrected chi connectivity index (χ0v) is 22.4. The molecule has 4 nitrogen and oxygen atoms in total. The number of Topliss-reactive ketones (excluding diaryl/α,β-unsaturated/α-hetero) is 1. The molecule has 2 aromatic rings. The lowest BCUT2D eigenvalue weighted by Gasteiger charge is -2.31. The first kappa shape index (κ1) is 25.3. The Bertz CT molecular complexity index is 912. The standard InChI is InChI=1S/C13H17BrO2.C13H15BrO2/c2*1-8-3-12(4-9(2)13(8)14)16-7-10-5-11(15)6-10/h3-4,10-11,15H,5-7H2,1-2H3;3-4,10H,5-7H2,1-2H3. The van der Waals surface area contributed by atoms with Gasteiger partial charge in [-0.3, -0.25) is 4.79 Å². The quantitative estimate of drug-likeness (QED) is 0.425. The van der Waals surface area contributed by atoms with E-state index in [0.29, 0.717) is 37.1 Å². The van der Waals surface area contributed by atoms with Crippen molar-refractivity contribution in [1.29, 1.82) is 0 Å². The highest BCUT2D eigenvalue weighted by atomic mass is 79.9. The monoisotopic (exact) mass is 566 g/mol. The first-order chi connectivity index (χ1) is 15.1. The maximum atomic E-state index is 10.8. The van der Waals surface area contributed by atoms with Crippen LogP contribution in [0.3, 0.4) is 0 Å². The molecule has 1 N–H and O–H groups in total. The van der Waals surface area contributed by atoms with Crippen LogP contribution in [0, 0.1) is 39.5 Å². The Kier molecular flexibility index (Phi) is 8.82. The van der Waals surface area contributed by atoms with Crippen LogP contribution >= 0.6 is 31.9 Å². The van der Waals surface area contributed by atoms with Crippen LogP contribution < -0.4 is 9.47 Å². The van der Waals surface area contributed by atoms with Crippen molar-refractivity contribution in [1.82, 2.24) is 0 Å². The topological polar surface area (TPSA) is 55.8 Å². The predicted octanol–water partition coefficient (Wildman–Crippen LogP) is 6.64. The maximum absolute atomic E-state index is 10.8. The lowest BCUT2D eigenvalue weighted by Crippen LogP contribution is -2.32. The minimum atomic E-state index is -0.0954. The van der Waals surface area contributed by atoms with Gasteiger partial charge >= 0.3 is 0 Å². The van der Waals surface area contributed by atoms with Crippen molar-refractivity contribution in [3.63, 3.8) is 0 Å². The zero-order chi connectivity index (χ0) is 23.4. The third-order valence-electron chi connectivity index (χ3n) is 6.03. The van der Waals surface area contributed by atoms with Crippen molar-refractivity contribution < 1.29 is 19.4 Å². The van der Waals surface area contributed by atoms with Crippen LogP contribution in [-0.4, -0.2) is 30.2 Å². The number of rotatable bonds is 6. The van der Waals surface area contributed by atoms with Gasteiger partial charge in [0.25, 0.3) is 0 Å². The molecule has 32 heavy (non-hydrogen) atoms. The number of ketones is 1. The Labute approximate surface area is 208 Å². The molecule has 174 valence electrons. The zero-order valence-electron chi connectivity index (χ0n) is 19.2. The van der Waals surface area contributed by atoms with Gasteiger partial charge in [-0.1, -0.05) is 31.9 Å². The van der Waals surface area contributed by atoms with Crippen molar-refractivity contribution in [2.45, 2.75) is 59.5 Å². The summed E-state index contributed by atoms with van der Waals surface area (Å²) < 4.78 is 13.7. The largest absolute Gasteiger partial charge is 0.493 e. The average Bonchev–Trinajstić information content (AvgIpc) is 2.69. The second-order valence-electron chi connectivity index (χ2n) is 9.17. The van der Waals surface area contributed by atoms with Crippen LogP contribution in [0.25, 0.3) is 0 Å². The summed E-state index contributed by atoms with van der Waals surface area (Å²) in [5.41, 5.74) is 4.76. The Morgan fingerprint density at radius 1 is 0.781 bits per heavy atom. The van der Waals surface area contributed by atoms with Gasteiger partial charge in [-0.05, 0) is 93.0 Å². The van der Waals surface area contributed by atoms with Crippen LogP contribution in [0.15, 0.2) is 33.2 Å². The lowest BCUT2D eigenvalue weighted by molar-refractivity contribution is -0.127. The van der Waals surface area contributed by atoms with Crippen molar-refractivity contribution in [2.24, 2.45) is 11.8 Å². The van der Waals surface area contributed by atoms with Crippen LogP contribution in [0.2, 0.25) is 0 Å². The van der Waals surface area contributed by atoms with E-state index < -0.39 is 0 Å². The number of hydrogen-bond acceptors (Lipinski definition) is 4. The highest BCUT2D eigenvalue weighted by Crippen LogP contribution is 2.31. The molecule has 2 aliphatic carbocycles. The number of benzene rings is 2. The van der Waals surface area contributed by atoms with E-state index in [1.165, 1.54) is 22.3 Å². The SMILES string of the molecule is Cc1cc(OCC2CC(=O)C2)cc(C)c1Br.Cc1cc(OCC2CC(O)C2)cc(C)c1Br. The highest BCUT2D eigenvalue weighted by molar-refractivity contribution is 9.10. The molecule has 0 spiro atoms. The number of aliphatic hydroxyl groups is 1. The fraction of sp³-hybridized carbons (Fsp3) is 0.500. The molecule has 0 bridgehead atoms. The second kappa shape index (κ2) is 11.2. The smallest absolute Gasteiger partial charge is 0.133 e. The minimum absolute atomic E-state index is 0.0954. The molecule has 2 fully saturated rings. The molecule has 0 amide bonds. The Morgan fingerprint density at radius 2 is 1.16 bits per heavy atom. The summed E-state index contributed by atoms with van der Waals surface area (Å²) in [7, 11) is 0. The first-order valence-corrected chi connectivity index (χ1v) is 12.7. The lowest BCUT2D eigenvalue weighted by atomic mass is 9.83. The molecule has 4 rings (SSSR count). The third kappa shape index (κ3) is 6.82. The van der Waals surface area contributed by atoms with Gasteiger partial charge in [-0.2, -0.15) is 0 Å². The normalized spacial score (nSPS) is 20.0. The number of carbonyl (C=O) groups excluding carboxylic acids is 1. The number of halogens is 2. The van der Waals surface area contributed by atoms with Gasteiger partial charge in [0.2, 0.25) is 0 Å². The Hall–Kier alpha value is -1.37. The summed E-state index contributed by atoms with van der Waals surface area (Å²) in [5.74, 6) is 3.14. The summed E-state index contributed by atoms with van der Waals surface area (Å²) in [4.78, 5) is 10.8. The van der Waals surface area contributed by atoms with Crippen molar-refractivity contribution in [2.75, 3.05) is 13.2 Å². The van der Waals surface area contributed by atoms with Gasteiger partial charge in [0.05, 0.1) is 19.3 Å². The van der Waals surface area contributed by atoms with Gasteiger partial charge in [-0.15, -0.1) is 0 Å². The van der Waals surface area contributed by atoms with Gasteiger partial charge in [-0.25, -0.2) is 0 Å². The van der Waals surface area contributed by atoms with Crippen molar-refractivity contribution >= 4 is 37.6 Å². The number of aryl methyl sites for hydroxylation is 4. The number of aliphatic hydroxyl groups excluding tert-OH is 1. The highest BCUT2D eigenvalue weighted by Gasteiger charge is 2.28. The van der Waals surface area contributed by atoms with E-state index in [1.807, 2.05) is 24.3 Å². The molecule has 2 aromatic carbocycles. The van der Waals surface area contributed by atoms with E-state index in [9.17, 15) is 9.90 Å². The van der Waals surface area contributed by atoms with E-state index in [-0.39, 0.29) is 6.10 Å². The van der Waals surface area contributed by atoms with E-state index >= 15 is 0 Å². The van der Waals surface area contributed by atoms with Gasteiger partial charge in [0.15, 0.2) is 0 Å². The van der Waals surface area contributed by atoms with E-state index in [0.717, 1.165) is 39.9 Å². The minimum Gasteiger partial charge on any atom is -0.493 e. The molecule has 0 aliphatic heterocycles. The van der Waals surface area contributed by atoms with E-state index in [4.69, 9.17) is 9.47 Å². The van der Waals surface area contributed by atoms with Gasteiger partial charge in [0, 0.05) is 27.7 Å². The number of carbonyl (C=O) groups is 1. The van der Waals surface area contributed by atoms with Crippen LogP contribution in [0.5, 0.6) is 11.5 Å². The molecular formula is C26H32Br2O4. The van der Waals surface area contributed by atoms with E-state index in [1.54, 1.807) is 0 Å². The number of hydrogen-bond donors (Lipinski definition) is 1. The summed E-state index contributed by atoms with van der Waals surface area (Å²) in [6.45, 7) is 9.62. The van der Waals surface area contributed by atoms with Gasteiger partial charge < -0.3 is 14.6 Å². The average molecular weight is 568 g/mol. The molecule has 0 heterocycles. The Balaban J connectivity index is 0.000000181. The molecular weight excluding hydrogens is 536 g/mol. The van der Waals surface area contributed by atoms with Crippen molar-refractivity contribution in [3.05, 3.63) is 55.5 Å². The molecule has 2 aliphatic rings. The summed E-state index contributed by atoms with van der Waals surface area (Å²) in [6.07, 6.45) is 3.05. The summed E-state index contributed by atoms with van der Waals surface area (Å²) in [6, 6.07) is 8.15. The third-order valence-corrected chi connectivity index (χ3v) is 8.54. The molecule has 6 heteroatoms. The summed E-state index contributed by atoms with van der Waals surface area (Å²) in [5, 5.41) is 9.18. The fourth-order valence-electron chi connectivity index (χ4n) is 3.95. The first-order valence-electron chi connectivity index (χ1n) is 11.1. The molecule has 0 saturated heterocycles. The van der Waals surface area contributed by atoms with Crippen molar-refractivity contribution in [3.8, 4) is 11.5 Å². The maximum Gasteiger partial charge on any atom is 0.133 e. The van der Waals surface area contributed by atoms with Gasteiger partial charge in [0.1, 0.15) is 17.3 Å². The predicted molar refractivity (Wildman–Crippen MR) is 135 cm³/mol. The molecule has 0 radical (unpaired) electrons. The fourth-order valence-corrected chi connectivity index (χ4v) is 4.40. The molecule has 2 saturated carbocycles. The molecule has 0 aromatic heterocycles. The number of ether oxygens (including phenoxy) is 2. The summed E-state index contributed by atoms with van der Waals surface area (Å²) >= 11 is 7.06. The molecule has 0 unspecified atom stereocenters. The van der Waals surface area contributed by atoms with Crippen LogP contribution in [0.1, 0.15) is 47.9 Å². The Morgan fingerprint density at radius 3 is 1.50 bits per heavy atom.